The first-order valence-electron chi connectivity index (χ1n) is 6.29. The molecule has 0 aliphatic heterocycles. The summed E-state index contributed by atoms with van der Waals surface area (Å²) in [5.41, 5.74) is 3.06. The van der Waals surface area contributed by atoms with Crippen molar-refractivity contribution >= 4 is 34.5 Å². The van der Waals surface area contributed by atoms with Crippen molar-refractivity contribution in [3.8, 4) is 0 Å². The van der Waals surface area contributed by atoms with E-state index in [0.29, 0.717) is 17.1 Å². The van der Waals surface area contributed by atoms with Gasteiger partial charge in [-0.2, -0.15) is 0 Å². The molecule has 0 aliphatic carbocycles. The second-order valence-corrected chi connectivity index (χ2v) is 5.38. The van der Waals surface area contributed by atoms with Gasteiger partial charge in [0, 0.05) is 5.38 Å². The van der Waals surface area contributed by atoms with E-state index in [1.165, 1.54) is 11.3 Å². The molecule has 1 aromatic heterocycles. The number of anilines is 2. The lowest BCUT2D eigenvalue weighted by Gasteiger charge is -2.13. The summed E-state index contributed by atoms with van der Waals surface area (Å²) >= 11 is 1.35. The number of nitrogens with one attached hydrogen (secondary N) is 2. The molecule has 0 spiro atoms. The molecule has 0 saturated heterocycles. The van der Waals surface area contributed by atoms with E-state index in [9.17, 15) is 9.59 Å². The van der Waals surface area contributed by atoms with Crippen LogP contribution in [0.5, 0.6) is 0 Å². The largest absolute Gasteiger partial charge is 0.323 e. The van der Waals surface area contributed by atoms with Gasteiger partial charge in [-0.15, -0.1) is 11.3 Å². The first-order valence-corrected chi connectivity index (χ1v) is 7.23. The van der Waals surface area contributed by atoms with Crippen LogP contribution in [0.4, 0.5) is 11.4 Å². The zero-order valence-electron chi connectivity index (χ0n) is 11.8. The number of carbonyl (C=O) groups is 2. The molecule has 0 aliphatic rings. The number of amides is 2. The highest BCUT2D eigenvalue weighted by Gasteiger charge is 2.12. The molecule has 1 heterocycles. The molecule has 0 atom stereocenters. The first kappa shape index (κ1) is 15.1. The van der Waals surface area contributed by atoms with Gasteiger partial charge in [-0.05, 0) is 26.2 Å². The van der Waals surface area contributed by atoms with Gasteiger partial charge in [0.2, 0.25) is 5.91 Å². The predicted octanol–water partition coefficient (Wildman–Crippen LogP) is 1.90. The van der Waals surface area contributed by atoms with Crippen molar-refractivity contribution in [3.05, 3.63) is 40.8 Å². The Balaban J connectivity index is 2.10. The summed E-state index contributed by atoms with van der Waals surface area (Å²) < 4.78 is 0. The van der Waals surface area contributed by atoms with E-state index in [-0.39, 0.29) is 18.4 Å². The van der Waals surface area contributed by atoms with Crippen LogP contribution in [0.1, 0.15) is 10.5 Å². The molecule has 2 rings (SSSR count). The summed E-state index contributed by atoms with van der Waals surface area (Å²) in [6.45, 7) is 0.272. The van der Waals surface area contributed by atoms with Crippen LogP contribution in [0.15, 0.2) is 35.2 Å². The maximum atomic E-state index is 12.0. The molecule has 0 fully saturated rings. The zero-order valence-corrected chi connectivity index (χ0v) is 12.6. The van der Waals surface area contributed by atoms with Gasteiger partial charge in [0.05, 0.1) is 23.4 Å². The maximum Gasteiger partial charge on any atom is 0.275 e. The van der Waals surface area contributed by atoms with Gasteiger partial charge in [0.15, 0.2) is 0 Å². The predicted molar refractivity (Wildman–Crippen MR) is 83.7 cm³/mol. The van der Waals surface area contributed by atoms with E-state index in [2.05, 4.69) is 15.6 Å². The number of rotatable bonds is 5. The smallest absolute Gasteiger partial charge is 0.275 e. The van der Waals surface area contributed by atoms with Gasteiger partial charge < -0.3 is 15.5 Å². The number of benzene rings is 1. The van der Waals surface area contributed by atoms with Gasteiger partial charge in [-0.3, -0.25) is 9.59 Å². The lowest BCUT2D eigenvalue weighted by Crippen LogP contribution is -2.27. The number of para-hydroxylation sites is 2. The molecule has 2 aromatic rings. The van der Waals surface area contributed by atoms with Crippen LogP contribution < -0.4 is 10.6 Å². The summed E-state index contributed by atoms with van der Waals surface area (Å²) in [6, 6.07) is 7.06. The molecule has 0 saturated carbocycles. The fourth-order valence-electron chi connectivity index (χ4n) is 1.69. The fourth-order valence-corrected chi connectivity index (χ4v) is 2.22. The van der Waals surface area contributed by atoms with E-state index in [1.54, 1.807) is 40.1 Å². The zero-order chi connectivity index (χ0) is 15.2. The van der Waals surface area contributed by atoms with Gasteiger partial charge >= 0.3 is 0 Å². The Labute approximate surface area is 126 Å². The van der Waals surface area contributed by atoms with Crippen molar-refractivity contribution in [2.24, 2.45) is 0 Å². The topological polar surface area (TPSA) is 74.3 Å². The summed E-state index contributed by atoms with van der Waals surface area (Å²) in [5, 5.41) is 7.20. The molecular weight excluding hydrogens is 288 g/mol. The van der Waals surface area contributed by atoms with Crippen LogP contribution in [0.2, 0.25) is 0 Å². The average molecular weight is 304 g/mol. The van der Waals surface area contributed by atoms with Crippen LogP contribution in [-0.2, 0) is 4.79 Å². The molecule has 2 N–H and O–H groups in total. The molecular formula is C14H16N4O2S. The minimum Gasteiger partial charge on any atom is -0.323 e. The third kappa shape index (κ3) is 4.37. The monoisotopic (exact) mass is 304 g/mol. The van der Waals surface area contributed by atoms with Crippen LogP contribution in [0.3, 0.4) is 0 Å². The molecule has 7 heteroatoms. The molecule has 0 radical (unpaired) electrons. The van der Waals surface area contributed by atoms with Crippen LogP contribution in [-0.4, -0.2) is 42.3 Å². The number of thiazole rings is 1. The van der Waals surface area contributed by atoms with E-state index in [0.717, 1.165) is 0 Å². The number of hydrogen-bond acceptors (Lipinski definition) is 5. The molecule has 21 heavy (non-hydrogen) atoms. The molecule has 2 amide bonds. The Kier molecular flexibility index (Phi) is 5.02. The van der Waals surface area contributed by atoms with Crippen molar-refractivity contribution in [1.29, 1.82) is 0 Å². The summed E-state index contributed by atoms with van der Waals surface area (Å²) in [7, 11) is 3.63. The van der Waals surface area contributed by atoms with Gasteiger partial charge in [0.25, 0.3) is 5.91 Å². The van der Waals surface area contributed by atoms with Crippen molar-refractivity contribution in [2.45, 2.75) is 0 Å². The highest BCUT2D eigenvalue weighted by Crippen LogP contribution is 2.21. The SMILES string of the molecule is CN(C)CC(=O)Nc1ccccc1NC(=O)c1cscn1. The third-order valence-corrected chi connectivity index (χ3v) is 3.16. The Morgan fingerprint density at radius 2 is 1.86 bits per heavy atom. The number of likely N-dealkylation sites (N-methyl/N-ethyl adjacent to an activating group) is 1. The maximum absolute atomic E-state index is 12.0. The van der Waals surface area contributed by atoms with Crippen LogP contribution >= 0.6 is 11.3 Å². The second kappa shape index (κ2) is 6.96. The Bertz CT molecular complexity index is 626. The number of carbonyl (C=O) groups excluding carboxylic acids is 2. The summed E-state index contributed by atoms with van der Waals surface area (Å²) in [5.74, 6) is -0.444. The lowest BCUT2D eigenvalue weighted by molar-refractivity contribution is -0.116. The molecule has 0 bridgehead atoms. The first-order chi connectivity index (χ1) is 10.1. The van der Waals surface area contributed by atoms with Crippen LogP contribution in [0, 0.1) is 0 Å². The normalized spacial score (nSPS) is 10.4. The standard InChI is InChI=1S/C14H16N4O2S/c1-18(2)7-13(19)16-10-5-3-4-6-11(10)17-14(20)12-8-21-9-15-12/h3-6,8-9H,7H2,1-2H3,(H,16,19)(H,17,20). The van der Waals surface area contributed by atoms with Gasteiger partial charge in [-0.25, -0.2) is 4.98 Å². The molecule has 1 aromatic carbocycles. The van der Waals surface area contributed by atoms with E-state index in [1.807, 2.05) is 14.1 Å². The van der Waals surface area contributed by atoms with Crippen molar-refractivity contribution in [1.82, 2.24) is 9.88 Å². The minimum atomic E-state index is -0.300. The third-order valence-electron chi connectivity index (χ3n) is 2.57. The molecule has 0 unspecified atom stereocenters. The van der Waals surface area contributed by atoms with Crippen molar-refractivity contribution in [2.75, 3.05) is 31.3 Å². The quantitative estimate of drug-likeness (QED) is 0.884. The van der Waals surface area contributed by atoms with Crippen LogP contribution in [0.25, 0.3) is 0 Å². The Hall–Kier alpha value is -2.25. The second-order valence-electron chi connectivity index (χ2n) is 4.66. The van der Waals surface area contributed by atoms with E-state index in [4.69, 9.17) is 0 Å². The van der Waals surface area contributed by atoms with Gasteiger partial charge in [-0.1, -0.05) is 12.1 Å². The Morgan fingerprint density at radius 3 is 2.43 bits per heavy atom. The summed E-state index contributed by atoms with van der Waals surface area (Å²) in [4.78, 5) is 29.5. The summed E-state index contributed by atoms with van der Waals surface area (Å²) in [6.07, 6.45) is 0. The minimum absolute atomic E-state index is 0.143. The molecule has 6 nitrogen and oxygen atoms in total. The number of nitrogens with zero attached hydrogens (tertiary/aromatic N) is 2. The number of hydrogen-bond donors (Lipinski definition) is 2. The van der Waals surface area contributed by atoms with E-state index < -0.39 is 0 Å². The Morgan fingerprint density at radius 1 is 1.19 bits per heavy atom. The fraction of sp³-hybridized carbons (Fsp3) is 0.214. The molecule has 110 valence electrons. The van der Waals surface area contributed by atoms with Crippen molar-refractivity contribution < 1.29 is 9.59 Å². The van der Waals surface area contributed by atoms with Gasteiger partial charge in [0.1, 0.15) is 5.69 Å². The highest BCUT2D eigenvalue weighted by atomic mass is 32.1. The van der Waals surface area contributed by atoms with Crippen molar-refractivity contribution in [3.63, 3.8) is 0 Å². The van der Waals surface area contributed by atoms with E-state index >= 15 is 0 Å². The number of aromatic nitrogens is 1. The average Bonchev–Trinajstić information content (AvgIpc) is 2.94. The lowest BCUT2D eigenvalue weighted by atomic mass is 10.2. The highest BCUT2D eigenvalue weighted by molar-refractivity contribution is 7.07.